The van der Waals surface area contributed by atoms with Crippen molar-refractivity contribution < 1.29 is 14.3 Å². The number of hydrogen-bond acceptors (Lipinski definition) is 4. The van der Waals surface area contributed by atoms with Crippen LogP contribution < -0.4 is 10.6 Å². The highest BCUT2D eigenvalue weighted by Gasteiger charge is 2.32. The maximum Gasteiger partial charge on any atom is 0.227 e. The fourth-order valence-electron chi connectivity index (χ4n) is 1.93. The molecule has 1 aliphatic heterocycles. The molecule has 0 aromatic carbocycles. The summed E-state index contributed by atoms with van der Waals surface area (Å²) in [6.07, 6.45) is 0.857. The van der Waals surface area contributed by atoms with Crippen LogP contribution in [0.1, 0.15) is 20.3 Å². The first kappa shape index (κ1) is 15.4. The van der Waals surface area contributed by atoms with Crippen molar-refractivity contribution in [2.75, 3.05) is 40.0 Å². The third-order valence-corrected chi connectivity index (χ3v) is 3.00. The van der Waals surface area contributed by atoms with Crippen molar-refractivity contribution in [1.29, 1.82) is 0 Å². The molecule has 1 fully saturated rings. The van der Waals surface area contributed by atoms with Gasteiger partial charge >= 0.3 is 0 Å². The second kappa shape index (κ2) is 8.45. The summed E-state index contributed by atoms with van der Waals surface area (Å²) in [5.74, 6) is 0.578. The Kier molecular flexibility index (Phi) is 7.23. The molecule has 5 heteroatoms. The lowest BCUT2D eigenvalue weighted by Gasteiger charge is -2.16. The highest BCUT2D eigenvalue weighted by molar-refractivity contribution is 5.79. The standard InChI is InChI=1S/C13H26N2O3/c1-10(2)7-17-6-4-5-15-13(16)11-8-18-9-12(11)14-3/h10-12,14H,4-9H2,1-3H3,(H,15,16). The third-order valence-electron chi connectivity index (χ3n) is 3.00. The van der Waals surface area contributed by atoms with Gasteiger partial charge in [-0.1, -0.05) is 13.8 Å². The Morgan fingerprint density at radius 1 is 1.44 bits per heavy atom. The first-order chi connectivity index (χ1) is 8.65. The van der Waals surface area contributed by atoms with Crippen molar-refractivity contribution in [2.45, 2.75) is 26.3 Å². The highest BCUT2D eigenvalue weighted by Crippen LogP contribution is 2.13. The molecule has 2 N–H and O–H groups in total. The number of carbonyl (C=O) groups is 1. The topological polar surface area (TPSA) is 59.6 Å². The van der Waals surface area contributed by atoms with Gasteiger partial charge in [-0.25, -0.2) is 0 Å². The quantitative estimate of drug-likeness (QED) is 0.619. The van der Waals surface area contributed by atoms with Crippen LogP contribution in [0.3, 0.4) is 0 Å². The van der Waals surface area contributed by atoms with E-state index < -0.39 is 0 Å². The van der Waals surface area contributed by atoms with E-state index in [-0.39, 0.29) is 17.9 Å². The fraction of sp³-hybridized carbons (Fsp3) is 0.923. The van der Waals surface area contributed by atoms with Crippen molar-refractivity contribution in [1.82, 2.24) is 10.6 Å². The van der Waals surface area contributed by atoms with Crippen molar-refractivity contribution in [2.24, 2.45) is 11.8 Å². The number of amides is 1. The fourth-order valence-corrected chi connectivity index (χ4v) is 1.93. The summed E-state index contributed by atoms with van der Waals surface area (Å²) in [5, 5.41) is 6.05. The summed E-state index contributed by atoms with van der Waals surface area (Å²) < 4.78 is 10.8. The van der Waals surface area contributed by atoms with Crippen molar-refractivity contribution in [3.8, 4) is 0 Å². The molecule has 1 heterocycles. The first-order valence-corrected chi connectivity index (χ1v) is 6.75. The third kappa shape index (κ3) is 5.33. The largest absolute Gasteiger partial charge is 0.381 e. The molecule has 1 rings (SSSR count). The Labute approximate surface area is 110 Å². The second-order valence-electron chi connectivity index (χ2n) is 5.15. The lowest BCUT2D eigenvalue weighted by molar-refractivity contribution is -0.125. The van der Waals surface area contributed by atoms with E-state index in [9.17, 15) is 4.79 Å². The van der Waals surface area contributed by atoms with Crippen LogP contribution in [0.25, 0.3) is 0 Å². The maximum absolute atomic E-state index is 11.9. The zero-order valence-corrected chi connectivity index (χ0v) is 11.7. The summed E-state index contributed by atoms with van der Waals surface area (Å²) in [6, 6.07) is 0.141. The summed E-state index contributed by atoms with van der Waals surface area (Å²) in [7, 11) is 1.86. The van der Waals surface area contributed by atoms with E-state index in [0.717, 1.165) is 13.0 Å². The van der Waals surface area contributed by atoms with E-state index in [1.807, 2.05) is 7.05 Å². The van der Waals surface area contributed by atoms with Crippen molar-refractivity contribution in [3.05, 3.63) is 0 Å². The Morgan fingerprint density at radius 2 is 2.22 bits per heavy atom. The number of carbonyl (C=O) groups excluding carboxylic acids is 1. The molecule has 0 aliphatic carbocycles. The van der Waals surface area contributed by atoms with Gasteiger partial charge in [0.1, 0.15) is 0 Å². The molecule has 5 nitrogen and oxygen atoms in total. The zero-order valence-electron chi connectivity index (χ0n) is 11.7. The Morgan fingerprint density at radius 3 is 2.89 bits per heavy atom. The molecule has 0 spiro atoms. The predicted octanol–water partition coefficient (Wildman–Crippen LogP) is 0.400. The van der Waals surface area contributed by atoms with Gasteiger partial charge in [0.2, 0.25) is 5.91 Å². The molecule has 1 amide bonds. The van der Waals surface area contributed by atoms with E-state index in [0.29, 0.717) is 32.3 Å². The number of likely N-dealkylation sites (N-methyl/N-ethyl adjacent to an activating group) is 1. The van der Waals surface area contributed by atoms with Gasteiger partial charge in [-0.3, -0.25) is 4.79 Å². The van der Waals surface area contributed by atoms with Crippen molar-refractivity contribution in [3.63, 3.8) is 0 Å². The van der Waals surface area contributed by atoms with E-state index >= 15 is 0 Å². The number of rotatable bonds is 8. The zero-order chi connectivity index (χ0) is 13.4. The Hall–Kier alpha value is -0.650. The van der Waals surface area contributed by atoms with E-state index in [1.54, 1.807) is 0 Å². The molecule has 2 atom stereocenters. The highest BCUT2D eigenvalue weighted by atomic mass is 16.5. The van der Waals surface area contributed by atoms with Crippen LogP contribution in [0.15, 0.2) is 0 Å². The molecule has 18 heavy (non-hydrogen) atoms. The number of ether oxygens (including phenoxy) is 2. The van der Waals surface area contributed by atoms with Gasteiger partial charge in [-0.05, 0) is 19.4 Å². The van der Waals surface area contributed by atoms with Crippen molar-refractivity contribution >= 4 is 5.91 Å². The average molecular weight is 258 g/mol. The summed E-state index contributed by atoms with van der Waals surface area (Å²) >= 11 is 0. The molecule has 1 aliphatic rings. The Bertz CT molecular complexity index is 246. The maximum atomic E-state index is 11.9. The van der Waals surface area contributed by atoms with Crippen LogP contribution in [-0.4, -0.2) is 52.0 Å². The summed E-state index contributed by atoms with van der Waals surface area (Å²) in [4.78, 5) is 11.9. The van der Waals surface area contributed by atoms with Gasteiger partial charge in [-0.2, -0.15) is 0 Å². The summed E-state index contributed by atoms with van der Waals surface area (Å²) in [6.45, 7) is 7.54. The number of hydrogen-bond donors (Lipinski definition) is 2. The van der Waals surface area contributed by atoms with E-state index in [1.165, 1.54) is 0 Å². The predicted molar refractivity (Wildman–Crippen MR) is 70.4 cm³/mol. The lowest BCUT2D eigenvalue weighted by atomic mass is 10.0. The minimum Gasteiger partial charge on any atom is -0.381 e. The average Bonchev–Trinajstić information content (AvgIpc) is 2.81. The summed E-state index contributed by atoms with van der Waals surface area (Å²) in [5.41, 5.74) is 0. The monoisotopic (exact) mass is 258 g/mol. The van der Waals surface area contributed by atoms with Gasteiger partial charge in [0.05, 0.1) is 19.1 Å². The number of nitrogens with one attached hydrogen (secondary N) is 2. The molecule has 0 saturated carbocycles. The molecule has 2 unspecified atom stereocenters. The molecular weight excluding hydrogens is 232 g/mol. The van der Waals surface area contributed by atoms with Crippen LogP contribution in [0.4, 0.5) is 0 Å². The second-order valence-corrected chi connectivity index (χ2v) is 5.15. The van der Waals surface area contributed by atoms with Crippen LogP contribution in [-0.2, 0) is 14.3 Å². The Balaban J connectivity index is 2.06. The van der Waals surface area contributed by atoms with Gasteiger partial charge in [0.15, 0.2) is 0 Å². The van der Waals surface area contributed by atoms with Gasteiger partial charge < -0.3 is 20.1 Å². The normalized spacial score (nSPS) is 23.6. The van der Waals surface area contributed by atoms with Gasteiger partial charge in [0.25, 0.3) is 0 Å². The smallest absolute Gasteiger partial charge is 0.227 e. The molecule has 0 aromatic heterocycles. The lowest BCUT2D eigenvalue weighted by Crippen LogP contribution is -2.42. The molecule has 106 valence electrons. The van der Waals surface area contributed by atoms with Crippen LogP contribution in [0.2, 0.25) is 0 Å². The van der Waals surface area contributed by atoms with Crippen LogP contribution in [0.5, 0.6) is 0 Å². The van der Waals surface area contributed by atoms with E-state index in [2.05, 4.69) is 24.5 Å². The molecule has 1 saturated heterocycles. The van der Waals surface area contributed by atoms with Gasteiger partial charge in [-0.15, -0.1) is 0 Å². The van der Waals surface area contributed by atoms with Crippen LogP contribution in [0, 0.1) is 11.8 Å². The molecule has 0 radical (unpaired) electrons. The van der Waals surface area contributed by atoms with Crippen LogP contribution >= 0.6 is 0 Å². The molecule has 0 aromatic rings. The minimum absolute atomic E-state index is 0.0633. The first-order valence-electron chi connectivity index (χ1n) is 6.75. The minimum atomic E-state index is -0.0633. The molecule has 0 bridgehead atoms. The van der Waals surface area contributed by atoms with E-state index in [4.69, 9.17) is 9.47 Å². The SMILES string of the molecule is CNC1COCC1C(=O)NCCCOCC(C)C. The van der Waals surface area contributed by atoms with Gasteiger partial charge in [0, 0.05) is 25.8 Å². The molecular formula is C13H26N2O3.